The van der Waals surface area contributed by atoms with E-state index in [1.54, 1.807) is 18.3 Å². The SMILES string of the molecule is CNC(=O)c1cc(Cl)cc(Cl)c1NC(=O)C1CC(Br)=NN1c1ncccc1Cl. The van der Waals surface area contributed by atoms with Crippen LogP contribution in [-0.2, 0) is 4.79 Å². The van der Waals surface area contributed by atoms with Gasteiger partial charge in [0, 0.05) is 24.7 Å². The molecule has 11 heteroatoms. The fourth-order valence-electron chi connectivity index (χ4n) is 2.64. The van der Waals surface area contributed by atoms with Crippen LogP contribution in [0.4, 0.5) is 11.5 Å². The van der Waals surface area contributed by atoms with Gasteiger partial charge < -0.3 is 10.6 Å². The molecule has 7 nitrogen and oxygen atoms in total. The van der Waals surface area contributed by atoms with E-state index in [1.165, 1.54) is 24.2 Å². The highest BCUT2D eigenvalue weighted by Crippen LogP contribution is 2.33. The van der Waals surface area contributed by atoms with Crippen molar-refractivity contribution in [2.45, 2.75) is 12.5 Å². The maximum atomic E-state index is 13.0. The van der Waals surface area contributed by atoms with Crippen molar-refractivity contribution < 1.29 is 9.59 Å². The molecule has 1 aliphatic heterocycles. The number of aromatic nitrogens is 1. The highest BCUT2D eigenvalue weighted by molar-refractivity contribution is 9.18. The molecule has 0 saturated heterocycles. The molecule has 28 heavy (non-hydrogen) atoms. The van der Waals surface area contributed by atoms with E-state index in [1.807, 2.05) is 0 Å². The highest BCUT2D eigenvalue weighted by atomic mass is 79.9. The third-order valence-electron chi connectivity index (χ3n) is 3.91. The van der Waals surface area contributed by atoms with Crippen LogP contribution in [-0.4, -0.2) is 34.5 Å². The zero-order chi connectivity index (χ0) is 20.4. The van der Waals surface area contributed by atoms with Gasteiger partial charge in [0.05, 0.1) is 21.3 Å². The molecule has 0 fully saturated rings. The molecule has 1 atom stereocenters. The van der Waals surface area contributed by atoms with Crippen molar-refractivity contribution in [3.05, 3.63) is 51.1 Å². The number of nitrogens with one attached hydrogen (secondary N) is 2. The van der Waals surface area contributed by atoms with Crippen molar-refractivity contribution in [2.75, 3.05) is 17.4 Å². The second-order valence-corrected chi connectivity index (χ2v) is 7.89. The second-order valence-electron chi connectivity index (χ2n) is 5.73. The predicted molar refractivity (Wildman–Crippen MR) is 115 cm³/mol. The lowest BCUT2D eigenvalue weighted by Crippen LogP contribution is -2.39. The molecule has 0 radical (unpaired) electrons. The van der Waals surface area contributed by atoms with E-state index >= 15 is 0 Å². The fourth-order valence-corrected chi connectivity index (χ4v) is 3.87. The Morgan fingerprint density at radius 3 is 2.68 bits per heavy atom. The first-order valence-electron chi connectivity index (χ1n) is 7.96. The van der Waals surface area contributed by atoms with Crippen molar-refractivity contribution in [1.29, 1.82) is 0 Å². The summed E-state index contributed by atoms with van der Waals surface area (Å²) in [5.41, 5.74) is 0.305. The van der Waals surface area contributed by atoms with Gasteiger partial charge in [0.1, 0.15) is 10.7 Å². The summed E-state index contributed by atoms with van der Waals surface area (Å²) in [5, 5.41) is 11.7. The lowest BCUT2D eigenvalue weighted by atomic mass is 10.1. The van der Waals surface area contributed by atoms with Crippen LogP contribution in [0, 0.1) is 0 Å². The minimum absolute atomic E-state index is 0.139. The van der Waals surface area contributed by atoms with Crippen molar-refractivity contribution in [3.8, 4) is 0 Å². The lowest BCUT2D eigenvalue weighted by molar-refractivity contribution is -0.117. The van der Waals surface area contributed by atoms with Crippen LogP contribution in [0.15, 0.2) is 35.6 Å². The van der Waals surface area contributed by atoms with Crippen molar-refractivity contribution >= 4 is 78.7 Å². The van der Waals surface area contributed by atoms with E-state index in [4.69, 9.17) is 34.8 Å². The third-order valence-corrected chi connectivity index (χ3v) is 5.20. The summed E-state index contributed by atoms with van der Waals surface area (Å²) in [6, 6.07) is 5.46. The van der Waals surface area contributed by atoms with Gasteiger partial charge in [-0.3, -0.25) is 9.59 Å². The average molecular weight is 506 g/mol. The molecule has 0 saturated carbocycles. The number of hydrogen-bond donors (Lipinski definition) is 2. The summed E-state index contributed by atoms with van der Waals surface area (Å²) in [6.45, 7) is 0. The first kappa shape index (κ1) is 20.9. The predicted octanol–water partition coefficient (Wildman–Crippen LogP) is 4.33. The Kier molecular flexibility index (Phi) is 6.44. The number of nitrogens with zero attached hydrogens (tertiary/aromatic N) is 3. The molecular weight excluding hydrogens is 492 g/mol. The van der Waals surface area contributed by atoms with Crippen molar-refractivity contribution in [2.24, 2.45) is 5.10 Å². The first-order chi connectivity index (χ1) is 13.3. The number of halogens is 4. The molecule has 3 rings (SSSR count). The summed E-state index contributed by atoms with van der Waals surface area (Å²) in [4.78, 5) is 29.4. The number of pyridine rings is 1. The molecule has 1 aliphatic rings. The molecule has 0 aliphatic carbocycles. The summed E-state index contributed by atoms with van der Waals surface area (Å²) in [7, 11) is 1.47. The molecular formula is C17H13BrCl3N5O2. The van der Waals surface area contributed by atoms with Gasteiger partial charge in [-0.2, -0.15) is 5.10 Å². The first-order valence-corrected chi connectivity index (χ1v) is 9.89. The summed E-state index contributed by atoms with van der Waals surface area (Å²) in [5.74, 6) is -0.532. The Morgan fingerprint density at radius 2 is 2.00 bits per heavy atom. The van der Waals surface area contributed by atoms with Crippen LogP contribution < -0.4 is 15.6 Å². The van der Waals surface area contributed by atoms with Gasteiger partial charge in [0.15, 0.2) is 5.82 Å². The Labute approximate surface area is 184 Å². The van der Waals surface area contributed by atoms with Crippen LogP contribution in [0.25, 0.3) is 0 Å². The largest absolute Gasteiger partial charge is 0.355 e. The van der Waals surface area contributed by atoms with Crippen LogP contribution in [0.3, 0.4) is 0 Å². The van der Waals surface area contributed by atoms with Gasteiger partial charge in [-0.25, -0.2) is 9.99 Å². The summed E-state index contributed by atoms with van der Waals surface area (Å²) in [6.07, 6.45) is 1.84. The molecule has 1 aromatic heterocycles. The number of rotatable bonds is 4. The summed E-state index contributed by atoms with van der Waals surface area (Å²) < 4.78 is 0.558. The van der Waals surface area contributed by atoms with E-state index in [9.17, 15) is 9.59 Å². The maximum absolute atomic E-state index is 13.0. The van der Waals surface area contributed by atoms with Gasteiger partial charge in [0.2, 0.25) is 5.91 Å². The summed E-state index contributed by atoms with van der Waals surface area (Å²) >= 11 is 21.7. The van der Waals surface area contributed by atoms with E-state index in [0.717, 1.165) is 0 Å². The molecule has 2 heterocycles. The van der Waals surface area contributed by atoms with E-state index < -0.39 is 17.9 Å². The Hall–Kier alpha value is -1.87. The third kappa shape index (κ3) is 4.25. The zero-order valence-electron chi connectivity index (χ0n) is 14.3. The van der Waals surface area contributed by atoms with Crippen LogP contribution in [0.2, 0.25) is 15.1 Å². The Balaban J connectivity index is 1.93. The Morgan fingerprint density at radius 1 is 1.25 bits per heavy atom. The van der Waals surface area contributed by atoms with Crippen LogP contribution >= 0.6 is 50.7 Å². The molecule has 146 valence electrons. The molecule has 1 unspecified atom stereocenters. The molecule has 1 aromatic carbocycles. The number of anilines is 2. The number of carbonyl (C=O) groups excluding carboxylic acids is 2. The topological polar surface area (TPSA) is 86.7 Å². The van der Waals surface area contributed by atoms with Gasteiger partial charge in [-0.15, -0.1) is 0 Å². The van der Waals surface area contributed by atoms with E-state index in [-0.39, 0.29) is 21.3 Å². The van der Waals surface area contributed by atoms with E-state index in [0.29, 0.717) is 21.9 Å². The molecule has 2 aromatic rings. The standard InChI is InChI=1S/C17H13BrCl3N5O2/c1-22-16(27)9-5-8(19)6-11(21)14(9)24-17(28)12-7-13(18)25-26(12)15-10(20)3-2-4-23-15/h2-6,12H,7H2,1H3,(H,22,27)(H,24,28). The van der Waals surface area contributed by atoms with Crippen LogP contribution in [0.5, 0.6) is 0 Å². The molecule has 2 N–H and O–H groups in total. The highest BCUT2D eigenvalue weighted by Gasteiger charge is 2.35. The lowest BCUT2D eigenvalue weighted by Gasteiger charge is -2.23. The van der Waals surface area contributed by atoms with Gasteiger partial charge >= 0.3 is 0 Å². The minimum Gasteiger partial charge on any atom is -0.355 e. The monoisotopic (exact) mass is 503 g/mol. The fraction of sp³-hybridized carbons (Fsp3) is 0.176. The van der Waals surface area contributed by atoms with Crippen molar-refractivity contribution in [1.82, 2.24) is 10.3 Å². The average Bonchev–Trinajstić information content (AvgIpc) is 3.05. The van der Waals surface area contributed by atoms with Gasteiger partial charge in [0.25, 0.3) is 5.91 Å². The van der Waals surface area contributed by atoms with Crippen LogP contribution in [0.1, 0.15) is 16.8 Å². The quantitative estimate of drug-likeness (QED) is 0.648. The second kappa shape index (κ2) is 8.65. The number of benzene rings is 1. The number of hydrogen-bond acceptors (Lipinski definition) is 5. The normalized spacial score (nSPS) is 16.0. The Bertz CT molecular complexity index is 985. The smallest absolute Gasteiger partial charge is 0.253 e. The maximum Gasteiger partial charge on any atom is 0.253 e. The minimum atomic E-state index is -0.744. The van der Waals surface area contributed by atoms with Crippen molar-refractivity contribution in [3.63, 3.8) is 0 Å². The zero-order valence-corrected chi connectivity index (χ0v) is 18.2. The number of hydrazone groups is 1. The number of amides is 2. The number of carbonyl (C=O) groups is 2. The molecule has 0 spiro atoms. The van der Waals surface area contributed by atoms with E-state index in [2.05, 4.69) is 36.6 Å². The van der Waals surface area contributed by atoms with Gasteiger partial charge in [-0.05, 0) is 40.2 Å². The van der Waals surface area contributed by atoms with Gasteiger partial charge in [-0.1, -0.05) is 34.8 Å². The molecule has 0 bridgehead atoms. The molecule has 2 amide bonds.